The molecule has 0 saturated carbocycles. The van der Waals surface area contributed by atoms with Crippen molar-refractivity contribution in [1.82, 2.24) is 5.32 Å². The predicted molar refractivity (Wildman–Crippen MR) is 103 cm³/mol. The summed E-state index contributed by atoms with van der Waals surface area (Å²) in [6.45, 7) is 4.45. The molecule has 6 heteroatoms. The van der Waals surface area contributed by atoms with Crippen molar-refractivity contribution in [2.45, 2.75) is 24.8 Å². The number of methoxy groups -OCH3 is 1. The first kappa shape index (κ1) is 19.5. The van der Waals surface area contributed by atoms with Gasteiger partial charge in [0.2, 0.25) is 0 Å². The molecule has 0 aliphatic rings. The summed E-state index contributed by atoms with van der Waals surface area (Å²) in [6.07, 6.45) is 0.0402. The molecule has 0 saturated heterocycles. The van der Waals surface area contributed by atoms with Crippen LogP contribution in [0.2, 0.25) is 5.02 Å². The Bertz CT molecular complexity index is 704. The number of amides is 1. The maximum atomic E-state index is 12.3. The SMILES string of the molecule is COc1cc(C(=O)NCCSc2ccc(Cl)cc2)ccc1OC(C)C. The van der Waals surface area contributed by atoms with Crippen LogP contribution in [-0.4, -0.2) is 31.4 Å². The number of halogens is 1. The highest BCUT2D eigenvalue weighted by atomic mass is 35.5. The Labute approximate surface area is 157 Å². The second-order valence-corrected chi connectivity index (χ2v) is 7.20. The molecule has 1 amide bonds. The van der Waals surface area contributed by atoms with Crippen LogP contribution in [0.4, 0.5) is 0 Å². The van der Waals surface area contributed by atoms with Gasteiger partial charge in [0.05, 0.1) is 13.2 Å². The fourth-order valence-corrected chi connectivity index (χ4v) is 3.02. The summed E-state index contributed by atoms with van der Waals surface area (Å²) in [5.74, 6) is 1.83. The maximum absolute atomic E-state index is 12.3. The van der Waals surface area contributed by atoms with Gasteiger partial charge in [-0.15, -0.1) is 11.8 Å². The zero-order valence-electron chi connectivity index (χ0n) is 14.5. The van der Waals surface area contributed by atoms with Crippen molar-refractivity contribution < 1.29 is 14.3 Å². The normalized spacial score (nSPS) is 10.6. The van der Waals surface area contributed by atoms with Crippen molar-refractivity contribution in [3.63, 3.8) is 0 Å². The lowest BCUT2D eigenvalue weighted by molar-refractivity contribution is 0.0955. The van der Waals surface area contributed by atoms with Gasteiger partial charge >= 0.3 is 0 Å². The number of hydrogen-bond acceptors (Lipinski definition) is 4. The molecule has 0 unspecified atom stereocenters. The summed E-state index contributed by atoms with van der Waals surface area (Å²) in [5.41, 5.74) is 0.546. The number of hydrogen-bond donors (Lipinski definition) is 1. The Morgan fingerprint density at radius 2 is 1.88 bits per heavy atom. The van der Waals surface area contributed by atoms with Gasteiger partial charge in [0.25, 0.3) is 5.91 Å². The maximum Gasteiger partial charge on any atom is 0.251 e. The Hall–Kier alpha value is -1.85. The summed E-state index contributed by atoms with van der Waals surface area (Å²) >= 11 is 7.53. The number of carbonyl (C=O) groups excluding carboxylic acids is 1. The van der Waals surface area contributed by atoms with E-state index in [1.165, 1.54) is 0 Å². The number of rotatable bonds is 8. The Kier molecular flexibility index (Phi) is 7.47. The number of nitrogens with one attached hydrogen (secondary N) is 1. The molecule has 2 aromatic carbocycles. The number of carbonyl (C=O) groups is 1. The highest BCUT2D eigenvalue weighted by Crippen LogP contribution is 2.29. The minimum absolute atomic E-state index is 0.0402. The lowest BCUT2D eigenvalue weighted by atomic mass is 10.2. The van der Waals surface area contributed by atoms with Crippen LogP contribution in [0.3, 0.4) is 0 Å². The van der Waals surface area contributed by atoms with Gasteiger partial charge in [-0.1, -0.05) is 11.6 Å². The summed E-state index contributed by atoms with van der Waals surface area (Å²) in [5, 5.41) is 3.63. The molecule has 0 aliphatic carbocycles. The van der Waals surface area contributed by atoms with E-state index >= 15 is 0 Å². The van der Waals surface area contributed by atoms with Crippen LogP contribution in [0, 0.1) is 0 Å². The third-order valence-corrected chi connectivity index (χ3v) is 4.52. The molecule has 134 valence electrons. The van der Waals surface area contributed by atoms with E-state index in [1.807, 2.05) is 38.1 Å². The minimum atomic E-state index is -0.133. The Balaban J connectivity index is 1.86. The van der Waals surface area contributed by atoms with E-state index in [-0.39, 0.29) is 12.0 Å². The van der Waals surface area contributed by atoms with Crippen molar-refractivity contribution in [2.75, 3.05) is 19.4 Å². The lowest BCUT2D eigenvalue weighted by Crippen LogP contribution is -2.25. The summed E-state index contributed by atoms with van der Waals surface area (Å²) < 4.78 is 11.0. The van der Waals surface area contributed by atoms with Gasteiger partial charge in [0.1, 0.15) is 0 Å². The molecule has 0 atom stereocenters. The quantitative estimate of drug-likeness (QED) is 0.535. The number of thioether (sulfide) groups is 1. The fourth-order valence-electron chi connectivity index (χ4n) is 2.13. The summed E-state index contributed by atoms with van der Waals surface area (Å²) in [4.78, 5) is 13.4. The molecule has 2 rings (SSSR count). The van der Waals surface area contributed by atoms with Crippen LogP contribution in [0.25, 0.3) is 0 Å². The van der Waals surface area contributed by atoms with Gasteiger partial charge in [-0.05, 0) is 56.3 Å². The van der Waals surface area contributed by atoms with E-state index in [4.69, 9.17) is 21.1 Å². The lowest BCUT2D eigenvalue weighted by Gasteiger charge is -2.14. The third kappa shape index (κ3) is 6.18. The monoisotopic (exact) mass is 379 g/mol. The average molecular weight is 380 g/mol. The van der Waals surface area contributed by atoms with Crippen LogP contribution < -0.4 is 14.8 Å². The van der Waals surface area contributed by atoms with E-state index < -0.39 is 0 Å². The molecular formula is C19H22ClNO3S. The molecule has 25 heavy (non-hydrogen) atoms. The van der Waals surface area contributed by atoms with Crippen LogP contribution in [0.5, 0.6) is 11.5 Å². The van der Waals surface area contributed by atoms with Crippen LogP contribution in [0.1, 0.15) is 24.2 Å². The van der Waals surface area contributed by atoms with Gasteiger partial charge in [0, 0.05) is 27.8 Å². The minimum Gasteiger partial charge on any atom is -0.493 e. The van der Waals surface area contributed by atoms with Crippen LogP contribution in [-0.2, 0) is 0 Å². The van der Waals surface area contributed by atoms with E-state index in [2.05, 4.69) is 5.32 Å². The third-order valence-electron chi connectivity index (χ3n) is 3.26. The molecule has 0 aromatic heterocycles. The summed E-state index contributed by atoms with van der Waals surface area (Å²) in [7, 11) is 1.56. The molecule has 0 spiro atoms. The second kappa shape index (κ2) is 9.59. The second-order valence-electron chi connectivity index (χ2n) is 5.59. The number of ether oxygens (including phenoxy) is 2. The van der Waals surface area contributed by atoms with Gasteiger partial charge in [0.15, 0.2) is 11.5 Å². The average Bonchev–Trinajstić information content (AvgIpc) is 2.60. The molecule has 0 fully saturated rings. The van der Waals surface area contributed by atoms with Crippen molar-refractivity contribution in [2.24, 2.45) is 0 Å². The Morgan fingerprint density at radius 3 is 2.52 bits per heavy atom. The molecule has 4 nitrogen and oxygen atoms in total. The van der Waals surface area contributed by atoms with Gasteiger partial charge in [-0.2, -0.15) is 0 Å². The molecule has 0 aliphatic heterocycles. The van der Waals surface area contributed by atoms with Crippen molar-refractivity contribution in [3.8, 4) is 11.5 Å². The number of benzene rings is 2. The van der Waals surface area contributed by atoms with Gasteiger partial charge < -0.3 is 14.8 Å². The van der Waals surface area contributed by atoms with Crippen LogP contribution in [0.15, 0.2) is 47.4 Å². The molecule has 0 bridgehead atoms. The van der Waals surface area contributed by atoms with Crippen LogP contribution >= 0.6 is 23.4 Å². The van der Waals surface area contributed by atoms with E-state index in [0.29, 0.717) is 23.6 Å². The molecule has 0 radical (unpaired) electrons. The first-order chi connectivity index (χ1) is 12.0. The smallest absolute Gasteiger partial charge is 0.251 e. The zero-order chi connectivity index (χ0) is 18.2. The summed E-state index contributed by atoms with van der Waals surface area (Å²) in [6, 6.07) is 12.8. The highest BCUT2D eigenvalue weighted by Gasteiger charge is 2.11. The van der Waals surface area contributed by atoms with E-state index in [0.717, 1.165) is 15.7 Å². The van der Waals surface area contributed by atoms with E-state index in [9.17, 15) is 4.79 Å². The predicted octanol–water partition coefficient (Wildman–Crippen LogP) is 4.66. The first-order valence-electron chi connectivity index (χ1n) is 8.01. The molecular weight excluding hydrogens is 358 g/mol. The first-order valence-corrected chi connectivity index (χ1v) is 9.37. The molecule has 1 N–H and O–H groups in total. The Morgan fingerprint density at radius 1 is 1.16 bits per heavy atom. The fraction of sp³-hybridized carbons (Fsp3) is 0.316. The zero-order valence-corrected chi connectivity index (χ0v) is 16.1. The topological polar surface area (TPSA) is 47.6 Å². The standard InChI is InChI=1S/C19H22ClNO3S/c1-13(2)24-17-9-4-14(12-18(17)23-3)19(22)21-10-11-25-16-7-5-15(20)6-8-16/h4-9,12-13H,10-11H2,1-3H3,(H,21,22). The van der Waals surface area contributed by atoms with Crippen molar-refractivity contribution >= 4 is 29.3 Å². The largest absolute Gasteiger partial charge is 0.493 e. The highest BCUT2D eigenvalue weighted by molar-refractivity contribution is 7.99. The van der Waals surface area contributed by atoms with E-state index in [1.54, 1.807) is 37.1 Å². The van der Waals surface area contributed by atoms with Crippen molar-refractivity contribution in [3.05, 3.63) is 53.1 Å². The molecule has 0 heterocycles. The van der Waals surface area contributed by atoms with Gasteiger partial charge in [-0.25, -0.2) is 0 Å². The molecule has 2 aromatic rings. The van der Waals surface area contributed by atoms with Gasteiger partial charge in [-0.3, -0.25) is 4.79 Å². The van der Waals surface area contributed by atoms with Crippen molar-refractivity contribution in [1.29, 1.82) is 0 Å².